The molecular formula is C23H32N3O9P. The summed E-state index contributed by atoms with van der Waals surface area (Å²) in [5.41, 5.74) is -2.70. The van der Waals surface area contributed by atoms with E-state index in [1.54, 1.807) is 63.4 Å². The molecule has 0 aliphatic carbocycles. The molecule has 4 rings (SSSR count). The molecule has 2 bridgehead atoms. The number of fused-ring (bicyclic) bond motifs is 2. The number of urea groups is 1. The van der Waals surface area contributed by atoms with Gasteiger partial charge in [0.2, 0.25) is 0 Å². The maximum Gasteiger partial charge on any atom is 0.459 e. The molecule has 0 aromatic heterocycles. The first kappa shape index (κ1) is 26.6. The molecule has 36 heavy (non-hydrogen) atoms. The zero-order valence-electron chi connectivity index (χ0n) is 20.6. The molecular weight excluding hydrogens is 493 g/mol. The lowest BCUT2D eigenvalue weighted by Crippen LogP contribution is -2.57. The van der Waals surface area contributed by atoms with Crippen LogP contribution in [0.5, 0.6) is 5.75 Å². The number of nitrogens with zero attached hydrogens (tertiary/aromatic N) is 1. The van der Waals surface area contributed by atoms with E-state index in [1.165, 1.54) is 11.8 Å². The SMILES string of the molecule is CC(C)OC(=O)C(C)NP(=O)(OCC12COC(C)(C(N3C=CCNC3=O)O1)C2O)Oc1ccccc1. The van der Waals surface area contributed by atoms with Crippen LogP contribution >= 0.6 is 7.75 Å². The Morgan fingerprint density at radius 2 is 2.06 bits per heavy atom. The van der Waals surface area contributed by atoms with Crippen LogP contribution in [0.4, 0.5) is 4.79 Å². The fourth-order valence-corrected chi connectivity index (χ4v) is 5.82. The third-order valence-corrected chi connectivity index (χ3v) is 7.76. The lowest BCUT2D eigenvalue weighted by Gasteiger charge is -2.39. The summed E-state index contributed by atoms with van der Waals surface area (Å²) in [7, 11) is -4.20. The van der Waals surface area contributed by atoms with E-state index >= 15 is 0 Å². The lowest BCUT2D eigenvalue weighted by molar-refractivity contribution is -0.213. The summed E-state index contributed by atoms with van der Waals surface area (Å²) in [5.74, 6) is -0.399. The van der Waals surface area contributed by atoms with Gasteiger partial charge in [0.1, 0.15) is 29.1 Å². The Balaban J connectivity index is 1.53. The number of esters is 1. The van der Waals surface area contributed by atoms with Crippen LogP contribution < -0.4 is 14.9 Å². The Bertz CT molecular complexity index is 1050. The number of aliphatic hydroxyl groups excluding tert-OH is 1. The van der Waals surface area contributed by atoms with Crippen molar-refractivity contribution < 1.29 is 42.5 Å². The molecule has 2 saturated heterocycles. The van der Waals surface area contributed by atoms with Crippen LogP contribution in [0.3, 0.4) is 0 Å². The van der Waals surface area contributed by atoms with Crippen LogP contribution in [0.1, 0.15) is 27.7 Å². The fourth-order valence-electron chi connectivity index (χ4n) is 4.27. The molecule has 0 spiro atoms. The minimum atomic E-state index is -4.20. The first-order chi connectivity index (χ1) is 17.0. The molecule has 12 nitrogen and oxygen atoms in total. The summed E-state index contributed by atoms with van der Waals surface area (Å²) in [4.78, 5) is 26.1. The van der Waals surface area contributed by atoms with Crippen LogP contribution in [-0.2, 0) is 28.1 Å². The summed E-state index contributed by atoms with van der Waals surface area (Å²) in [6.45, 7) is 6.39. The van der Waals surface area contributed by atoms with E-state index < -0.39 is 55.9 Å². The van der Waals surface area contributed by atoms with Gasteiger partial charge in [-0.25, -0.2) is 9.36 Å². The van der Waals surface area contributed by atoms with Crippen molar-refractivity contribution >= 4 is 19.7 Å². The highest BCUT2D eigenvalue weighted by Crippen LogP contribution is 2.52. The Morgan fingerprint density at radius 1 is 1.33 bits per heavy atom. The Morgan fingerprint density at radius 3 is 2.72 bits per heavy atom. The monoisotopic (exact) mass is 525 g/mol. The average Bonchev–Trinajstić information content (AvgIpc) is 3.20. The van der Waals surface area contributed by atoms with E-state index in [4.69, 9.17) is 23.3 Å². The number of hydrogen-bond acceptors (Lipinski definition) is 9. The third kappa shape index (κ3) is 5.15. The number of carbonyl (C=O) groups is 2. The van der Waals surface area contributed by atoms with Crippen molar-refractivity contribution in [3.8, 4) is 5.75 Å². The van der Waals surface area contributed by atoms with Crippen molar-refractivity contribution in [2.45, 2.75) is 63.4 Å². The Kier molecular flexibility index (Phi) is 7.47. The van der Waals surface area contributed by atoms with Gasteiger partial charge in [0.05, 0.1) is 19.3 Å². The van der Waals surface area contributed by atoms with Crippen LogP contribution in [-0.4, -0.2) is 77.4 Å². The zero-order valence-corrected chi connectivity index (χ0v) is 21.5. The second-order valence-electron chi connectivity index (χ2n) is 9.40. The topological polar surface area (TPSA) is 145 Å². The highest BCUT2D eigenvalue weighted by molar-refractivity contribution is 7.52. The van der Waals surface area contributed by atoms with Gasteiger partial charge >= 0.3 is 19.7 Å². The largest absolute Gasteiger partial charge is 0.462 e. The molecule has 3 heterocycles. The summed E-state index contributed by atoms with van der Waals surface area (Å²) in [6.07, 6.45) is 0.756. The molecule has 2 amide bonds. The number of carbonyl (C=O) groups excluding carboxylic acids is 2. The second kappa shape index (κ2) is 10.1. The van der Waals surface area contributed by atoms with Gasteiger partial charge in [-0.05, 0) is 45.9 Å². The molecule has 3 aliphatic heterocycles. The van der Waals surface area contributed by atoms with Gasteiger partial charge in [0, 0.05) is 12.7 Å². The van der Waals surface area contributed by atoms with E-state index in [1.807, 2.05) is 0 Å². The fraction of sp³-hybridized carbons (Fsp3) is 0.565. The number of hydrogen-bond donors (Lipinski definition) is 3. The molecule has 0 radical (unpaired) electrons. The summed E-state index contributed by atoms with van der Waals surface area (Å²) >= 11 is 0. The molecule has 6 unspecified atom stereocenters. The Hall–Kier alpha value is -2.47. The number of benzene rings is 1. The first-order valence-corrected chi connectivity index (χ1v) is 13.2. The molecule has 13 heteroatoms. The van der Waals surface area contributed by atoms with Crippen LogP contribution in [0.25, 0.3) is 0 Å². The van der Waals surface area contributed by atoms with Crippen molar-refractivity contribution in [3.63, 3.8) is 0 Å². The maximum absolute atomic E-state index is 13.8. The maximum atomic E-state index is 13.8. The smallest absolute Gasteiger partial charge is 0.459 e. The molecule has 1 aromatic rings. The van der Waals surface area contributed by atoms with Gasteiger partial charge in [0.25, 0.3) is 0 Å². The first-order valence-electron chi connectivity index (χ1n) is 11.7. The van der Waals surface area contributed by atoms with Crippen LogP contribution in [0.2, 0.25) is 0 Å². The molecule has 2 fully saturated rings. The quantitative estimate of drug-likeness (QED) is 0.306. The second-order valence-corrected chi connectivity index (χ2v) is 11.1. The van der Waals surface area contributed by atoms with Crippen molar-refractivity contribution in [2.75, 3.05) is 19.8 Å². The van der Waals surface area contributed by atoms with Crippen LogP contribution in [0, 0.1) is 0 Å². The van der Waals surface area contributed by atoms with E-state index in [0.29, 0.717) is 6.54 Å². The van der Waals surface area contributed by atoms with Gasteiger partial charge in [0.15, 0.2) is 6.23 Å². The highest BCUT2D eigenvalue weighted by Gasteiger charge is 2.70. The van der Waals surface area contributed by atoms with Gasteiger partial charge in [-0.1, -0.05) is 18.2 Å². The zero-order chi connectivity index (χ0) is 26.1. The normalized spacial score (nSPS) is 31.7. The van der Waals surface area contributed by atoms with Crippen molar-refractivity contribution in [1.82, 2.24) is 15.3 Å². The van der Waals surface area contributed by atoms with E-state index in [0.717, 1.165) is 0 Å². The number of nitrogens with one attached hydrogen (secondary N) is 2. The summed E-state index contributed by atoms with van der Waals surface area (Å²) < 4.78 is 42.4. The van der Waals surface area contributed by atoms with Gasteiger partial charge < -0.3 is 29.2 Å². The van der Waals surface area contributed by atoms with Gasteiger partial charge in [-0.2, -0.15) is 5.09 Å². The molecule has 0 saturated carbocycles. The number of para-hydroxylation sites is 1. The molecule has 198 valence electrons. The number of ether oxygens (including phenoxy) is 3. The van der Waals surface area contributed by atoms with Crippen molar-refractivity contribution in [2.24, 2.45) is 0 Å². The summed E-state index contributed by atoms with van der Waals surface area (Å²) in [5, 5.41) is 16.4. The minimum absolute atomic E-state index is 0.0728. The number of aliphatic hydroxyl groups is 1. The molecule has 1 aromatic carbocycles. The lowest BCUT2D eigenvalue weighted by atomic mass is 9.91. The number of rotatable bonds is 10. The predicted octanol–water partition coefficient (Wildman–Crippen LogP) is 1.90. The third-order valence-electron chi connectivity index (χ3n) is 6.13. The number of amides is 2. The van der Waals surface area contributed by atoms with Crippen molar-refractivity contribution in [3.05, 3.63) is 42.6 Å². The van der Waals surface area contributed by atoms with Gasteiger partial charge in [-0.3, -0.25) is 14.2 Å². The van der Waals surface area contributed by atoms with E-state index in [2.05, 4.69) is 10.4 Å². The molecule has 6 atom stereocenters. The average molecular weight is 525 g/mol. The summed E-state index contributed by atoms with van der Waals surface area (Å²) in [6, 6.07) is 6.88. The predicted molar refractivity (Wildman–Crippen MR) is 127 cm³/mol. The Labute approximate surface area is 209 Å². The van der Waals surface area contributed by atoms with Gasteiger partial charge in [-0.15, -0.1) is 0 Å². The molecule has 3 N–H and O–H groups in total. The highest BCUT2D eigenvalue weighted by atomic mass is 31.2. The van der Waals surface area contributed by atoms with Crippen molar-refractivity contribution in [1.29, 1.82) is 0 Å². The molecule has 3 aliphatic rings. The van der Waals surface area contributed by atoms with E-state index in [9.17, 15) is 19.3 Å². The van der Waals surface area contributed by atoms with E-state index in [-0.39, 0.29) is 18.5 Å². The minimum Gasteiger partial charge on any atom is -0.462 e. The van der Waals surface area contributed by atoms with Crippen LogP contribution in [0.15, 0.2) is 42.6 Å². The standard InChI is InChI=1S/C23H32N3O9P/c1-15(2)33-18(27)16(3)25-36(30,35-17-9-6-5-7-10-17)32-14-23-13-31-22(4,19(23)28)20(34-23)26-12-8-11-24-21(26)29/h5-10,12,15-16,19-20,28H,11,13-14H2,1-4H3,(H,24,29)(H,25,30).